The molecule has 1 aromatic carbocycles. The van der Waals surface area contributed by atoms with Crippen LogP contribution in [0.5, 0.6) is 0 Å². The highest BCUT2D eigenvalue weighted by Crippen LogP contribution is 2.16. The van der Waals surface area contributed by atoms with Crippen molar-refractivity contribution in [1.82, 2.24) is 0 Å². The van der Waals surface area contributed by atoms with Crippen LogP contribution in [0.3, 0.4) is 0 Å². The molecule has 0 aliphatic carbocycles. The Morgan fingerprint density at radius 1 is 1.23 bits per heavy atom. The Balaban J connectivity index is 0.00000135. The molecule has 1 atom stereocenters. The Hall–Kier alpha value is -2.32. The molecule has 0 saturated heterocycles. The number of carbonyl (C=O) groups is 1. The van der Waals surface area contributed by atoms with E-state index in [9.17, 15) is 4.79 Å². The van der Waals surface area contributed by atoms with E-state index in [1.165, 1.54) is 12.6 Å². The van der Waals surface area contributed by atoms with E-state index < -0.39 is 5.97 Å². The maximum Gasteiger partial charge on any atom is 0.334 e. The van der Waals surface area contributed by atoms with Crippen molar-refractivity contribution in [1.29, 1.82) is 0 Å². The highest BCUT2D eigenvalue weighted by Gasteiger charge is 2.14. The van der Waals surface area contributed by atoms with Gasteiger partial charge >= 0.3 is 5.97 Å². The first-order valence-electron chi connectivity index (χ1n) is 6.61. The molecule has 0 N–H and O–H groups in total. The number of ether oxygens (including phenoxy) is 1. The Bertz CT molecular complexity index is 542. The van der Waals surface area contributed by atoms with Gasteiger partial charge in [-0.05, 0) is 11.1 Å². The zero-order valence-electron chi connectivity index (χ0n) is 12.7. The minimum Gasteiger partial charge on any atom is -0.466 e. The van der Waals surface area contributed by atoms with Crippen LogP contribution in [0.25, 0.3) is 6.08 Å². The van der Waals surface area contributed by atoms with E-state index in [0.29, 0.717) is 5.57 Å². The van der Waals surface area contributed by atoms with E-state index in [4.69, 9.17) is 16.3 Å². The third-order valence-electron chi connectivity index (χ3n) is 2.60. The molecule has 1 rings (SSSR count). The van der Waals surface area contributed by atoms with Crippen LogP contribution < -0.4 is 0 Å². The average molecular weight is 317 g/mol. The molecule has 0 bridgehead atoms. The third-order valence-corrected chi connectivity index (χ3v) is 2.60. The fraction of sp³-hybridized carbons (Fsp3) is 0.105. The Morgan fingerprint density at radius 2 is 1.82 bits per heavy atom. The maximum atomic E-state index is 11.5. The van der Waals surface area contributed by atoms with Crippen LogP contribution in [-0.2, 0) is 9.53 Å². The molecule has 0 radical (unpaired) electrons. The zero-order chi connectivity index (χ0) is 16.8. The molecule has 0 saturated carbocycles. The second-order valence-corrected chi connectivity index (χ2v) is 4.40. The molecular formula is C19H21ClO2. The summed E-state index contributed by atoms with van der Waals surface area (Å²) >= 11 is 4.76. The van der Waals surface area contributed by atoms with E-state index in [1.54, 1.807) is 12.2 Å². The smallest absolute Gasteiger partial charge is 0.334 e. The number of esters is 1. The van der Waals surface area contributed by atoms with Crippen molar-refractivity contribution in [3.8, 4) is 0 Å². The topological polar surface area (TPSA) is 26.3 Å². The summed E-state index contributed by atoms with van der Waals surface area (Å²) in [6, 6.07) is 9.87. The first-order valence-corrected chi connectivity index (χ1v) is 7.05. The Kier molecular flexibility index (Phi) is 11.1. The summed E-state index contributed by atoms with van der Waals surface area (Å²) in [4.78, 5) is 11.5. The number of halogens is 1. The van der Waals surface area contributed by atoms with Gasteiger partial charge < -0.3 is 4.74 Å². The number of allylic oxidation sites excluding steroid dienone is 4. The molecule has 0 spiro atoms. The molecule has 0 aliphatic rings. The van der Waals surface area contributed by atoms with Gasteiger partial charge in [0.05, 0.1) is 7.11 Å². The first kappa shape index (κ1) is 19.7. The second-order valence-electron chi connectivity index (χ2n) is 4.09. The molecule has 0 heterocycles. The fourth-order valence-electron chi connectivity index (χ4n) is 1.54. The van der Waals surface area contributed by atoms with Gasteiger partial charge in [0.25, 0.3) is 0 Å². The van der Waals surface area contributed by atoms with E-state index in [-0.39, 0.29) is 5.92 Å². The standard InChI is InChI=1S/C17H18O2.C2H3Cl/c1-4-5-11-16(14(2)17(18)19-3)13-12-15-9-7-6-8-10-15;1-2-3/h4-13,16H,1-2H2,3H3;2H,1H2. The van der Waals surface area contributed by atoms with E-state index >= 15 is 0 Å². The highest BCUT2D eigenvalue weighted by molar-refractivity contribution is 6.25. The number of benzene rings is 1. The molecule has 3 heteroatoms. The van der Waals surface area contributed by atoms with Gasteiger partial charge in [-0.3, -0.25) is 0 Å². The van der Waals surface area contributed by atoms with Gasteiger partial charge in [-0.1, -0.05) is 92.0 Å². The number of hydrogen-bond donors (Lipinski definition) is 0. The van der Waals surface area contributed by atoms with Crippen molar-refractivity contribution >= 4 is 23.6 Å². The Labute approximate surface area is 137 Å². The molecule has 1 aromatic rings. The SMILES string of the molecule is C=CC=CC(C=Cc1ccccc1)C(=C)C(=O)OC.C=CCl. The normalized spacial score (nSPS) is 11.4. The number of carbonyl (C=O) groups excluding carboxylic acids is 1. The van der Waals surface area contributed by atoms with Crippen LogP contribution in [0.4, 0.5) is 0 Å². The first-order chi connectivity index (χ1) is 10.6. The van der Waals surface area contributed by atoms with Crippen LogP contribution in [0.2, 0.25) is 0 Å². The predicted octanol–water partition coefficient (Wildman–Crippen LogP) is 5.16. The highest BCUT2D eigenvalue weighted by atomic mass is 35.5. The Morgan fingerprint density at radius 3 is 2.32 bits per heavy atom. The molecule has 22 heavy (non-hydrogen) atoms. The van der Waals surface area contributed by atoms with Gasteiger partial charge in [0, 0.05) is 11.5 Å². The van der Waals surface area contributed by atoms with Crippen molar-refractivity contribution in [3.05, 3.63) is 91.0 Å². The van der Waals surface area contributed by atoms with Gasteiger partial charge in [-0.25, -0.2) is 4.79 Å². The number of methoxy groups -OCH3 is 1. The van der Waals surface area contributed by atoms with E-state index in [1.807, 2.05) is 48.6 Å². The van der Waals surface area contributed by atoms with E-state index in [0.717, 1.165) is 5.56 Å². The molecule has 0 aromatic heterocycles. The summed E-state index contributed by atoms with van der Waals surface area (Å²) < 4.78 is 4.69. The van der Waals surface area contributed by atoms with Crippen LogP contribution in [-0.4, -0.2) is 13.1 Å². The summed E-state index contributed by atoms with van der Waals surface area (Å²) in [5, 5.41) is 0. The predicted molar refractivity (Wildman–Crippen MR) is 95.5 cm³/mol. The third kappa shape index (κ3) is 8.08. The fourth-order valence-corrected chi connectivity index (χ4v) is 1.54. The van der Waals surface area contributed by atoms with Crippen molar-refractivity contribution in [2.45, 2.75) is 0 Å². The van der Waals surface area contributed by atoms with Gasteiger partial charge in [-0.15, -0.1) is 0 Å². The lowest BCUT2D eigenvalue weighted by Crippen LogP contribution is -2.10. The van der Waals surface area contributed by atoms with Crippen LogP contribution in [0, 0.1) is 5.92 Å². The average Bonchev–Trinajstić information content (AvgIpc) is 2.55. The molecule has 0 fully saturated rings. The molecule has 1 unspecified atom stereocenters. The maximum absolute atomic E-state index is 11.5. The lowest BCUT2D eigenvalue weighted by Gasteiger charge is -2.09. The molecule has 116 valence electrons. The molecule has 2 nitrogen and oxygen atoms in total. The van der Waals surface area contributed by atoms with Crippen LogP contribution in [0.15, 0.2) is 85.5 Å². The minimum atomic E-state index is -0.406. The summed E-state index contributed by atoms with van der Waals surface area (Å²) in [5.74, 6) is -0.609. The molecular weight excluding hydrogens is 296 g/mol. The lowest BCUT2D eigenvalue weighted by atomic mass is 9.98. The molecule has 0 aliphatic heterocycles. The summed E-state index contributed by atoms with van der Waals surface area (Å²) in [6.45, 7) is 10.5. The van der Waals surface area contributed by atoms with Crippen LogP contribution in [0.1, 0.15) is 5.56 Å². The van der Waals surface area contributed by atoms with Crippen molar-refractivity contribution in [3.63, 3.8) is 0 Å². The molecule has 0 amide bonds. The summed E-state index contributed by atoms with van der Waals surface area (Å²) in [7, 11) is 1.35. The zero-order valence-corrected chi connectivity index (χ0v) is 13.5. The van der Waals surface area contributed by atoms with Crippen LogP contribution >= 0.6 is 11.6 Å². The minimum absolute atomic E-state index is 0.203. The van der Waals surface area contributed by atoms with Gasteiger partial charge in [0.1, 0.15) is 0 Å². The van der Waals surface area contributed by atoms with Gasteiger partial charge in [-0.2, -0.15) is 0 Å². The lowest BCUT2D eigenvalue weighted by molar-refractivity contribution is -0.136. The van der Waals surface area contributed by atoms with Gasteiger partial charge in [0.2, 0.25) is 0 Å². The monoisotopic (exact) mass is 316 g/mol. The van der Waals surface area contributed by atoms with Crippen molar-refractivity contribution in [2.24, 2.45) is 5.92 Å². The number of hydrogen-bond acceptors (Lipinski definition) is 2. The van der Waals surface area contributed by atoms with Crippen molar-refractivity contribution < 1.29 is 9.53 Å². The largest absolute Gasteiger partial charge is 0.466 e. The second kappa shape index (κ2) is 12.4. The summed E-state index contributed by atoms with van der Waals surface area (Å²) in [6.07, 6.45) is 9.16. The van der Waals surface area contributed by atoms with E-state index in [2.05, 4.69) is 19.7 Å². The summed E-state index contributed by atoms with van der Waals surface area (Å²) in [5.41, 5.74) is 2.69. The van der Waals surface area contributed by atoms with Gasteiger partial charge in [0.15, 0.2) is 0 Å². The van der Waals surface area contributed by atoms with Crippen molar-refractivity contribution in [2.75, 3.05) is 7.11 Å². The number of rotatable bonds is 6. The quantitative estimate of drug-likeness (QED) is 0.412.